The predicted molar refractivity (Wildman–Crippen MR) is 113 cm³/mol. The number of ether oxygens (including phenoxy) is 1. The van der Waals surface area contributed by atoms with Crippen LogP contribution >= 0.6 is 35.6 Å². The zero-order valence-electron chi connectivity index (χ0n) is 15.1. The maximum atomic E-state index is 6.17. The monoisotopic (exact) mass is 490 g/mol. The number of aliphatic imine (C=N–C) groups is 1. The van der Waals surface area contributed by atoms with Crippen LogP contribution in [0.3, 0.4) is 0 Å². The van der Waals surface area contributed by atoms with Gasteiger partial charge in [0.1, 0.15) is 17.7 Å². The molecule has 142 valence electrons. The number of nitrogens with one attached hydrogen (secondary N) is 1. The molecule has 1 aliphatic rings. The van der Waals surface area contributed by atoms with Crippen molar-refractivity contribution in [1.82, 2.24) is 25.0 Å². The Hall–Kier alpha value is -1.55. The van der Waals surface area contributed by atoms with Gasteiger partial charge in [0.25, 0.3) is 0 Å². The van der Waals surface area contributed by atoms with E-state index >= 15 is 0 Å². The molecule has 1 N–H and O–H groups in total. The van der Waals surface area contributed by atoms with Gasteiger partial charge >= 0.3 is 0 Å². The SMILES string of the molecule is CN=C(NCc1nnc(C)n1C)N1CCC(Oc2ccccc2Cl)C1.I. The summed E-state index contributed by atoms with van der Waals surface area (Å²) in [7, 11) is 3.74. The molecule has 1 aromatic carbocycles. The van der Waals surface area contributed by atoms with Gasteiger partial charge in [0, 0.05) is 27.1 Å². The summed E-state index contributed by atoms with van der Waals surface area (Å²) in [5.41, 5.74) is 0. The van der Waals surface area contributed by atoms with Crippen LogP contribution in [0.1, 0.15) is 18.1 Å². The molecule has 1 unspecified atom stereocenters. The highest BCUT2D eigenvalue weighted by Crippen LogP contribution is 2.26. The van der Waals surface area contributed by atoms with Crippen molar-refractivity contribution in [2.24, 2.45) is 12.0 Å². The molecule has 0 amide bonds. The number of aromatic nitrogens is 3. The Morgan fingerprint density at radius 3 is 2.81 bits per heavy atom. The molecule has 2 heterocycles. The Morgan fingerprint density at radius 2 is 2.15 bits per heavy atom. The second-order valence-electron chi connectivity index (χ2n) is 6.03. The van der Waals surface area contributed by atoms with Gasteiger partial charge in [-0.15, -0.1) is 34.2 Å². The summed E-state index contributed by atoms with van der Waals surface area (Å²) in [5, 5.41) is 12.2. The Bertz CT molecular complexity index is 765. The molecule has 1 aliphatic heterocycles. The Kier molecular flexibility index (Phi) is 7.51. The Labute approximate surface area is 175 Å². The van der Waals surface area contributed by atoms with E-state index in [0.29, 0.717) is 11.6 Å². The number of guanidine groups is 1. The van der Waals surface area contributed by atoms with Crippen LogP contribution in [-0.2, 0) is 13.6 Å². The molecule has 1 atom stereocenters. The lowest BCUT2D eigenvalue weighted by Crippen LogP contribution is -2.40. The summed E-state index contributed by atoms with van der Waals surface area (Å²) < 4.78 is 8.00. The molecule has 1 saturated heterocycles. The first-order valence-electron chi connectivity index (χ1n) is 8.30. The molecule has 0 bridgehead atoms. The van der Waals surface area contributed by atoms with E-state index in [0.717, 1.165) is 42.9 Å². The van der Waals surface area contributed by atoms with E-state index in [4.69, 9.17) is 16.3 Å². The van der Waals surface area contributed by atoms with Gasteiger partial charge in [-0.25, -0.2) is 0 Å². The third-order valence-electron chi connectivity index (χ3n) is 4.37. The van der Waals surface area contributed by atoms with Crippen molar-refractivity contribution >= 4 is 41.5 Å². The number of rotatable bonds is 4. The molecule has 9 heteroatoms. The van der Waals surface area contributed by atoms with Gasteiger partial charge in [-0.05, 0) is 19.1 Å². The fourth-order valence-electron chi connectivity index (χ4n) is 2.83. The predicted octanol–water partition coefficient (Wildman–Crippen LogP) is 2.62. The molecule has 0 aliphatic carbocycles. The van der Waals surface area contributed by atoms with Crippen molar-refractivity contribution in [1.29, 1.82) is 0 Å². The first-order valence-corrected chi connectivity index (χ1v) is 8.68. The lowest BCUT2D eigenvalue weighted by atomic mass is 10.3. The standard InChI is InChI=1S/C17H23ClN6O.HI/c1-12-21-22-16(23(12)3)10-20-17(19-2)24-9-8-13(11-24)25-15-7-5-4-6-14(15)18;/h4-7,13H,8-11H2,1-3H3,(H,19,20);1H. The van der Waals surface area contributed by atoms with Gasteiger partial charge in [-0.1, -0.05) is 23.7 Å². The number of nitrogens with zero attached hydrogens (tertiary/aromatic N) is 5. The second-order valence-corrected chi connectivity index (χ2v) is 6.44. The molecule has 7 nitrogen and oxygen atoms in total. The van der Waals surface area contributed by atoms with Crippen LogP contribution in [0.15, 0.2) is 29.3 Å². The number of aryl methyl sites for hydroxylation is 1. The van der Waals surface area contributed by atoms with Crippen LogP contribution in [0, 0.1) is 6.92 Å². The highest BCUT2D eigenvalue weighted by molar-refractivity contribution is 14.0. The minimum absolute atomic E-state index is 0. The van der Waals surface area contributed by atoms with Crippen LogP contribution in [0.4, 0.5) is 0 Å². The molecular weight excluding hydrogens is 467 g/mol. The zero-order chi connectivity index (χ0) is 17.8. The number of halogens is 2. The summed E-state index contributed by atoms with van der Waals surface area (Å²) in [6.07, 6.45) is 1.02. The quantitative estimate of drug-likeness (QED) is 0.405. The topological polar surface area (TPSA) is 67.6 Å². The van der Waals surface area contributed by atoms with Gasteiger partial charge in [-0.3, -0.25) is 4.99 Å². The van der Waals surface area contributed by atoms with Crippen molar-refractivity contribution in [3.05, 3.63) is 40.9 Å². The highest BCUT2D eigenvalue weighted by Gasteiger charge is 2.27. The third-order valence-corrected chi connectivity index (χ3v) is 4.69. The molecule has 1 aromatic heterocycles. The minimum atomic E-state index is 0. The van der Waals surface area contributed by atoms with Crippen molar-refractivity contribution < 1.29 is 4.74 Å². The average Bonchev–Trinajstić information content (AvgIpc) is 3.19. The first-order chi connectivity index (χ1) is 12.1. The zero-order valence-corrected chi connectivity index (χ0v) is 18.2. The van der Waals surface area contributed by atoms with Crippen LogP contribution in [-0.4, -0.2) is 51.9 Å². The number of para-hydroxylation sites is 1. The van der Waals surface area contributed by atoms with E-state index in [1.165, 1.54) is 0 Å². The van der Waals surface area contributed by atoms with Crippen LogP contribution in [0.25, 0.3) is 0 Å². The first kappa shape index (κ1) is 20.8. The average molecular weight is 491 g/mol. The fraction of sp³-hybridized carbons (Fsp3) is 0.471. The number of benzene rings is 1. The third kappa shape index (κ3) is 4.79. The number of hydrogen-bond donors (Lipinski definition) is 1. The molecule has 1 fully saturated rings. The van der Waals surface area contributed by atoms with Gasteiger partial charge < -0.3 is 19.5 Å². The molecule has 0 spiro atoms. The van der Waals surface area contributed by atoms with E-state index < -0.39 is 0 Å². The smallest absolute Gasteiger partial charge is 0.194 e. The van der Waals surface area contributed by atoms with E-state index in [1.807, 2.05) is 42.8 Å². The summed E-state index contributed by atoms with van der Waals surface area (Å²) in [6, 6.07) is 7.56. The van der Waals surface area contributed by atoms with Crippen LogP contribution in [0.5, 0.6) is 5.75 Å². The minimum Gasteiger partial charge on any atom is -0.487 e. The maximum Gasteiger partial charge on any atom is 0.194 e. The largest absolute Gasteiger partial charge is 0.487 e. The summed E-state index contributed by atoms with van der Waals surface area (Å²) in [4.78, 5) is 6.56. The molecule has 2 aromatic rings. The van der Waals surface area contributed by atoms with E-state index in [9.17, 15) is 0 Å². The normalized spacial score (nSPS) is 17.2. The van der Waals surface area contributed by atoms with Crippen molar-refractivity contribution in [2.45, 2.75) is 26.0 Å². The van der Waals surface area contributed by atoms with Crippen molar-refractivity contribution in [2.75, 3.05) is 20.1 Å². The van der Waals surface area contributed by atoms with Crippen LogP contribution in [0.2, 0.25) is 5.02 Å². The highest BCUT2D eigenvalue weighted by atomic mass is 127. The Morgan fingerprint density at radius 1 is 1.38 bits per heavy atom. The molecule has 26 heavy (non-hydrogen) atoms. The van der Waals surface area contributed by atoms with Crippen molar-refractivity contribution in [3.8, 4) is 5.75 Å². The lowest BCUT2D eigenvalue weighted by molar-refractivity contribution is 0.214. The van der Waals surface area contributed by atoms with Gasteiger partial charge in [-0.2, -0.15) is 0 Å². The summed E-state index contributed by atoms with van der Waals surface area (Å²) >= 11 is 6.17. The summed E-state index contributed by atoms with van der Waals surface area (Å²) in [6.45, 7) is 4.16. The van der Waals surface area contributed by atoms with Crippen LogP contribution < -0.4 is 10.1 Å². The summed E-state index contributed by atoms with van der Waals surface area (Å²) in [5.74, 6) is 3.34. The maximum absolute atomic E-state index is 6.17. The second kappa shape index (κ2) is 9.40. The van der Waals surface area contributed by atoms with Gasteiger partial charge in [0.2, 0.25) is 0 Å². The number of hydrogen-bond acceptors (Lipinski definition) is 4. The molecular formula is C17H24ClIN6O. The van der Waals surface area contributed by atoms with Gasteiger partial charge in [0.15, 0.2) is 11.8 Å². The van der Waals surface area contributed by atoms with E-state index in [1.54, 1.807) is 7.05 Å². The number of likely N-dealkylation sites (tertiary alicyclic amines) is 1. The van der Waals surface area contributed by atoms with E-state index in [2.05, 4.69) is 25.4 Å². The molecule has 0 saturated carbocycles. The molecule has 0 radical (unpaired) electrons. The Balaban J connectivity index is 0.00000243. The fourth-order valence-corrected chi connectivity index (χ4v) is 3.01. The molecule has 3 rings (SSSR count). The van der Waals surface area contributed by atoms with Crippen molar-refractivity contribution in [3.63, 3.8) is 0 Å². The van der Waals surface area contributed by atoms with E-state index in [-0.39, 0.29) is 30.1 Å². The lowest BCUT2D eigenvalue weighted by Gasteiger charge is -2.21. The van der Waals surface area contributed by atoms with Gasteiger partial charge in [0.05, 0.1) is 18.1 Å².